The average Bonchev–Trinajstić information content (AvgIpc) is 2.73. The summed E-state index contributed by atoms with van der Waals surface area (Å²) in [4.78, 5) is 7.36. The molecule has 1 fully saturated rings. The minimum absolute atomic E-state index is 0. The largest absolute Gasteiger partial charge is 0.382 e. The number of nitrogens with zero attached hydrogens (tertiary/aromatic N) is 2. The Morgan fingerprint density at radius 1 is 1.23 bits per heavy atom. The third-order valence-corrected chi connectivity index (χ3v) is 5.70. The van der Waals surface area contributed by atoms with Gasteiger partial charge in [0, 0.05) is 44.4 Å². The predicted molar refractivity (Wildman–Crippen MR) is 141 cm³/mol. The number of rotatable bonds is 12. The first-order valence-electron chi connectivity index (χ1n) is 11.2. The van der Waals surface area contributed by atoms with E-state index in [1.807, 2.05) is 12.1 Å². The summed E-state index contributed by atoms with van der Waals surface area (Å²) < 4.78 is 10.5. The zero-order chi connectivity index (χ0) is 21.6. The topological polar surface area (TPSA) is 58.1 Å². The zero-order valence-corrected chi connectivity index (χ0v) is 22.3. The zero-order valence-electron chi connectivity index (χ0n) is 19.2. The fraction of sp³-hybridized carbons (Fsp3) is 0.696. The van der Waals surface area contributed by atoms with Crippen LogP contribution >= 0.6 is 35.6 Å². The van der Waals surface area contributed by atoms with Crippen LogP contribution in [-0.4, -0.2) is 71.0 Å². The average molecular weight is 567 g/mol. The molecule has 2 N–H and O–H groups in total. The molecule has 6 nitrogen and oxygen atoms in total. The van der Waals surface area contributed by atoms with Gasteiger partial charge in [0.2, 0.25) is 0 Å². The summed E-state index contributed by atoms with van der Waals surface area (Å²) in [6, 6.07) is 8.63. The SMILES string of the molecule is CCNC(=NCC1CCCN(C)C1c1cccc(Cl)c1)NCCCCOCCOC.I. The van der Waals surface area contributed by atoms with Gasteiger partial charge in [-0.05, 0) is 69.8 Å². The lowest BCUT2D eigenvalue weighted by Gasteiger charge is -2.39. The first-order chi connectivity index (χ1) is 14.7. The third kappa shape index (κ3) is 10.7. The number of hydrogen-bond acceptors (Lipinski definition) is 4. The first-order valence-corrected chi connectivity index (χ1v) is 11.6. The summed E-state index contributed by atoms with van der Waals surface area (Å²) in [5.74, 6) is 1.38. The van der Waals surface area contributed by atoms with Crippen molar-refractivity contribution in [3.63, 3.8) is 0 Å². The van der Waals surface area contributed by atoms with Crippen LogP contribution in [0.3, 0.4) is 0 Å². The Morgan fingerprint density at radius 2 is 2.06 bits per heavy atom. The second-order valence-corrected chi connectivity index (χ2v) is 8.28. The van der Waals surface area contributed by atoms with E-state index in [0.717, 1.165) is 56.6 Å². The van der Waals surface area contributed by atoms with Gasteiger partial charge >= 0.3 is 0 Å². The lowest BCUT2D eigenvalue weighted by Crippen LogP contribution is -2.40. The van der Waals surface area contributed by atoms with E-state index < -0.39 is 0 Å². The highest BCUT2D eigenvalue weighted by Gasteiger charge is 2.30. The van der Waals surface area contributed by atoms with Crippen molar-refractivity contribution in [1.82, 2.24) is 15.5 Å². The number of guanidine groups is 1. The van der Waals surface area contributed by atoms with Crippen molar-refractivity contribution in [2.24, 2.45) is 10.9 Å². The molecule has 1 saturated heterocycles. The molecule has 2 atom stereocenters. The van der Waals surface area contributed by atoms with Crippen molar-refractivity contribution in [3.05, 3.63) is 34.9 Å². The number of ether oxygens (including phenoxy) is 2. The monoisotopic (exact) mass is 566 g/mol. The van der Waals surface area contributed by atoms with E-state index in [1.165, 1.54) is 18.4 Å². The molecule has 1 aliphatic heterocycles. The summed E-state index contributed by atoms with van der Waals surface area (Å²) in [5.41, 5.74) is 1.29. The molecule has 0 bridgehead atoms. The third-order valence-electron chi connectivity index (χ3n) is 5.47. The lowest BCUT2D eigenvalue weighted by atomic mass is 9.85. The Kier molecular flexibility index (Phi) is 15.5. The molecule has 1 aromatic rings. The maximum atomic E-state index is 6.27. The predicted octanol–water partition coefficient (Wildman–Crippen LogP) is 4.34. The van der Waals surface area contributed by atoms with Crippen molar-refractivity contribution in [3.8, 4) is 0 Å². The summed E-state index contributed by atoms with van der Waals surface area (Å²) >= 11 is 6.27. The van der Waals surface area contributed by atoms with Gasteiger partial charge in [0.1, 0.15) is 0 Å². The van der Waals surface area contributed by atoms with Gasteiger partial charge in [-0.3, -0.25) is 9.89 Å². The molecule has 0 aromatic heterocycles. The molecule has 0 aliphatic carbocycles. The van der Waals surface area contributed by atoms with Crippen molar-refractivity contribution < 1.29 is 9.47 Å². The van der Waals surface area contributed by atoms with Gasteiger partial charge in [-0.2, -0.15) is 0 Å². The Morgan fingerprint density at radius 3 is 2.81 bits per heavy atom. The molecular formula is C23H40ClIN4O2. The number of methoxy groups -OCH3 is 1. The van der Waals surface area contributed by atoms with Crippen LogP contribution < -0.4 is 10.6 Å². The van der Waals surface area contributed by atoms with Crippen molar-refractivity contribution in [1.29, 1.82) is 0 Å². The van der Waals surface area contributed by atoms with Crippen molar-refractivity contribution >= 4 is 41.5 Å². The molecule has 0 radical (unpaired) electrons. The lowest BCUT2D eigenvalue weighted by molar-refractivity contribution is 0.0689. The van der Waals surface area contributed by atoms with Gasteiger partial charge in [0.25, 0.3) is 0 Å². The van der Waals surface area contributed by atoms with Gasteiger partial charge in [-0.1, -0.05) is 23.7 Å². The Hall–Kier alpha value is -0.610. The highest BCUT2D eigenvalue weighted by atomic mass is 127. The van der Waals surface area contributed by atoms with Crippen molar-refractivity contribution in [2.75, 3.05) is 60.2 Å². The molecule has 0 saturated carbocycles. The highest BCUT2D eigenvalue weighted by Crippen LogP contribution is 2.36. The van der Waals surface area contributed by atoms with Crippen LogP contribution in [0.2, 0.25) is 5.02 Å². The summed E-state index contributed by atoms with van der Waals surface area (Å²) in [5, 5.41) is 7.63. The highest BCUT2D eigenvalue weighted by molar-refractivity contribution is 14.0. The number of unbranched alkanes of at least 4 members (excludes halogenated alkanes) is 1. The van der Waals surface area contributed by atoms with E-state index >= 15 is 0 Å². The fourth-order valence-electron chi connectivity index (χ4n) is 4.00. The quantitative estimate of drug-likeness (QED) is 0.171. The van der Waals surface area contributed by atoms with E-state index in [-0.39, 0.29) is 24.0 Å². The summed E-state index contributed by atoms with van der Waals surface area (Å²) in [6.45, 7) is 7.85. The second-order valence-electron chi connectivity index (χ2n) is 7.84. The van der Waals surface area contributed by atoms with E-state index in [1.54, 1.807) is 7.11 Å². The summed E-state index contributed by atoms with van der Waals surface area (Å²) in [6.07, 6.45) is 4.47. The molecular weight excluding hydrogens is 527 g/mol. The van der Waals surface area contributed by atoms with Crippen molar-refractivity contribution in [2.45, 2.75) is 38.6 Å². The summed E-state index contributed by atoms with van der Waals surface area (Å²) in [7, 11) is 3.90. The normalized spacial score (nSPS) is 19.7. The molecule has 2 rings (SSSR count). The molecule has 8 heteroatoms. The maximum absolute atomic E-state index is 6.27. The van der Waals surface area contributed by atoms with Crippen LogP contribution in [0.4, 0.5) is 0 Å². The molecule has 0 spiro atoms. The van der Waals surface area contributed by atoms with Crippen LogP contribution in [0.15, 0.2) is 29.3 Å². The van der Waals surface area contributed by atoms with E-state index in [4.69, 9.17) is 26.1 Å². The van der Waals surface area contributed by atoms with Crippen LogP contribution in [0.5, 0.6) is 0 Å². The Bertz CT molecular complexity index is 635. The maximum Gasteiger partial charge on any atom is 0.191 e. The van der Waals surface area contributed by atoms with Crippen LogP contribution in [0.1, 0.15) is 44.2 Å². The second kappa shape index (κ2) is 16.9. The minimum atomic E-state index is 0. The smallest absolute Gasteiger partial charge is 0.191 e. The van der Waals surface area contributed by atoms with Gasteiger partial charge in [-0.25, -0.2) is 0 Å². The van der Waals surface area contributed by atoms with Crippen LogP contribution in [0.25, 0.3) is 0 Å². The van der Waals surface area contributed by atoms with E-state index in [9.17, 15) is 0 Å². The number of aliphatic imine (C=N–C) groups is 1. The fourth-order valence-corrected chi connectivity index (χ4v) is 4.20. The van der Waals surface area contributed by atoms with Gasteiger partial charge in [0.15, 0.2) is 5.96 Å². The molecule has 2 unspecified atom stereocenters. The van der Waals surface area contributed by atoms with Gasteiger partial charge in [0.05, 0.1) is 13.2 Å². The molecule has 0 amide bonds. The molecule has 1 aromatic carbocycles. The van der Waals surface area contributed by atoms with Crippen LogP contribution in [0, 0.1) is 5.92 Å². The first kappa shape index (κ1) is 28.4. The van der Waals surface area contributed by atoms with E-state index in [2.05, 4.69) is 41.6 Å². The standard InChI is InChI=1S/C23H39ClN4O2.HI/c1-4-25-23(26-12-5-6-14-30-16-15-29-3)27-18-20-10-8-13-28(2)22(20)19-9-7-11-21(24)17-19;/h7,9,11,17,20,22H,4-6,8,10,12-16,18H2,1-3H3,(H2,25,26,27);1H. The number of likely N-dealkylation sites (tertiary alicyclic amines) is 1. The van der Waals surface area contributed by atoms with Crippen LogP contribution in [-0.2, 0) is 9.47 Å². The van der Waals surface area contributed by atoms with Gasteiger partial charge in [-0.15, -0.1) is 24.0 Å². The number of halogens is 2. The Labute approximate surface area is 210 Å². The number of nitrogens with one attached hydrogen (secondary N) is 2. The minimum Gasteiger partial charge on any atom is -0.382 e. The molecule has 1 heterocycles. The van der Waals surface area contributed by atoms with E-state index in [0.29, 0.717) is 25.2 Å². The Balaban J connectivity index is 0.00000480. The molecule has 178 valence electrons. The number of benzene rings is 1. The number of hydrogen-bond donors (Lipinski definition) is 2. The molecule has 1 aliphatic rings. The van der Waals surface area contributed by atoms with Gasteiger partial charge < -0.3 is 20.1 Å². The molecule has 31 heavy (non-hydrogen) atoms. The number of piperidine rings is 1.